The van der Waals surface area contributed by atoms with E-state index in [-0.39, 0.29) is 17.8 Å². The van der Waals surface area contributed by atoms with E-state index in [0.29, 0.717) is 12.8 Å². The van der Waals surface area contributed by atoms with Crippen LogP contribution in [0.25, 0.3) is 0 Å². The van der Waals surface area contributed by atoms with Gasteiger partial charge in [0.25, 0.3) is 0 Å². The zero-order valence-corrected chi connectivity index (χ0v) is 10.3. The predicted octanol–water partition coefficient (Wildman–Crippen LogP) is 1.67. The van der Waals surface area contributed by atoms with Gasteiger partial charge >= 0.3 is 5.97 Å². The van der Waals surface area contributed by atoms with Gasteiger partial charge in [0, 0.05) is 20.1 Å². The third-order valence-electron chi connectivity index (χ3n) is 2.11. The normalized spacial score (nSPS) is 13.1. The second-order valence-corrected chi connectivity index (χ2v) is 3.15. The first-order valence-corrected chi connectivity index (χ1v) is 5.05. The molecule has 2 unspecified atom stereocenters. The highest BCUT2D eigenvalue weighted by molar-refractivity contribution is 5.76. The molecule has 0 fully saturated rings. The van der Waals surface area contributed by atoms with E-state index in [4.69, 9.17) is 0 Å². The summed E-state index contributed by atoms with van der Waals surface area (Å²) >= 11 is 0. The summed E-state index contributed by atoms with van der Waals surface area (Å²) in [5.41, 5.74) is 0. The molecule has 2 atom stereocenters. The Hall–Kier alpha value is -0.900. The number of hydrogen-bond donors (Lipinski definition) is 0. The molecule has 4 heteroatoms. The molecular formula is C11H22O4. The number of esters is 1. The summed E-state index contributed by atoms with van der Waals surface area (Å²) in [6.07, 6.45) is 2.19. The van der Waals surface area contributed by atoms with Crippen LogP contribution in [0.2, 0.25) is 0 Å². The van der Waals surface area contributed by atoms with Crippen molar-refractivity contribution in [1.29, 1.82) is 0 Å². The molecule has 90 valence electrons. The van der Waals surface area contributed by atoms with Gasteiger partial charge in [-0.05, 0) is 12.8 Å². The first-order valence-electron chi connectivity index (χ1n) is 5.05. The zero-order valence-electron chi connectivity index (χ0n) is 10.3. The lowest BCUT2D eigenvalue weighted by Crippen LogP contribution is -2.25. The third-order valence-corrected chi connectivity index (χ3v) is 2.11. The molecule has 0 rings (SSSR count). The lowest BCUT2D eigenvalue weighted by molar-refractivity contribution is -0.148. The molecule has 0 aliphatic rings. The van der Waals surface area contributed by atoms with E-state index in [1.54, 1.807) is 14.2 Å². The molecule has 0 aliphatic carbocycles. The molecule has 0 saturated carbocycles. The van der Waals surface area contributed by atoms with Crippen LogP contribution in [0.4, 0.5) is 0 Å². The highest BCUT2D eigenvalue weighted by atomic mass is 16.5. The number of rotatable bonds is 5. The number of aldehydes is 1. The van der Waals surface area contributed by atoms with Gasteiger partial charge in [-0.1, -0.05) is 13.8 Å². The van der Waals surface area contributed by atoms with Crippen molar-refractivity contribution in [3.05, 3.63) is 0 Å². The minimum absolute atomic E-state index is 0.192. The maximum atomic E-state index is 11.1. The topological polar surface area (TPSA) is 52.6 Å². The lowest BCUT2D eigenvalue weighted by atomic mass is 9.89. The lowest BCUT2D eigenvalue weighted by Gasteiger charge is -2.16. The third kappa shape index (κ3) is 7.08. The number of carbonyl (C=O) groups is 2. The van der Waals surface area contributed by atoms with Crippen molar-refractivity contribution in [2.45, 2.75) is 26.7 Å². The van der Waals surface area contributed by atoms with Crippen LogP contribution in [0.5, 0.6) is 0 Å². The van der Waals surface area contributed by atoms with E-state index in [1.165, 1.54) is 7.11 Å². The maximum Gasteiger partial charge on any atom is 0.309 e. The molecule has 0 aromatic rings. The van der Waals surface area contributed by atoms with E-state index in [0.717, 1.165) is 6.29 Å². The molecule has 0 aromatic heterocycles. The van der Waals surface area contributed by atoms with Crippen molar-refractivity contribution >= 4 is 12.3 Å². The summed E-state index contributed by atoms with van der Waals surface area (Å²) in [4.78, 5) is 21.7. The summed E-state index contributed by atoms with van der Waals surface area (Å²) in [6, 6.07) is 0. The zero-order chi connectivity index (χ0) is 12.3. The van der Waals surface area contributed by atoms with E-state index >= 15 is 0 Å². The van der Waals surface area contributed by atoms with Crippen LogP contribution in [-0.4, -0.2) is 33.6 Å². The Morgan fingerprint density at radius 1 is 1.20 bits per heavy atom. The second-order valence-electron chi connectivity index (χ2n) is 3.15. The van der Waals surface area contributed by atoms with Crippen molar-refractivity contribution in [2.75, 3.05) is 21.3 Å². The van der Waals surface area contributed by atoms with Gasteiger partial charge in [-0.2, -0.15) is 0 Å². The Balaban J connectivity index is 0. The second kappa shape index (κ2) is 11.2. The van der Waals surface area contributed by atoms with Gasteiger partial charge in [0.2, 0.25) is 0 Å². The van der Waals surface area contributed by atoms with Gasteiger partial charge in [-0.3, -0.25) is 4.79 Å². The molecule has 0 saturated heterocycles. The Morgan fingerprint density at radius 3 is 1.87 bits per heavy atom. The fourth-order valence-electron chi connectivity index (χ4n) is 1.27. The number of methoxy groups -OCH3 is 2. The van der Waals surface area contributed by atoms with Crippen LogP contribution < -0.4 is 0 Å². The van der Waals surface area contributed by atoms with Gasteiger partial charge < -0.3 is 14.3 Å². The highest BCUT2D eigenvalue weighted by Crippen LogP contribution is 2.18. The van der Waals surface area contributed by atoms with Gasteiger partial charge in [0.15, 0.2) is 0 Å². The minimum atomic E-state index is -0.281. The Labute approximate surface area is 91.9 Å². The van der Waals surface area contributed by atoms with Crippen LogP contribution in [-0.2, 0) is 19.1 Å². The molecule has 0 radical (unpaired) electrons. The molecule has 0 aliphatic heterocycles. The van der Waals surface area contributed by atoms with Crippen molar-refractivity contribution in [3.8, 4) is 0 Å². The monoisotopic (exact) mass is 218 g/mol. The van der Waals surface area contributed by atoms with Crippen LogP contribution in [0.15, 0.2) is 0 Å². The van der Waals surface area contributed by atoms with Gasteiger partial charge in [0.1, 0.15) is 6.29 Å². The highest BCUT2D eigenvalue weighted by Gasteiger charge is 2.25. The summed E-state index contributed by atoms with van der Waals surface area (Å²) < 4.78 is 8.84. The molecule has 0 N–H and O–H groups in total. The number of ether oxygens (including phenoxy) is 2. The predicted molar refractivity (Wildman–Crippen MR) is 58.6 cm³/mol. The molecule has 4 nitrogen and oxygen atoms in total. The summed E-state index contributed by atoms with van der Waals surface area (Å²) in [5.74, 6) is -0.739. The largest absolute Gasteiger partial charge is 0.469 e. The smallest absolute Gasteiger partial charge is 0.309 e. The maximum absolute atomic E-state index is 11.1. The SMILES string of the molecule is CCC(C=O)C(CC)C(=O)OC.COC. The number of carbonyl (C=O) groups excluding carboxylic acids is 2. The standard InChI is InChI=1S/C9H16O3.C2H6O/c1-4-7(6-10)8(5-2)9(11)12-3;1-3-2/h6-8H,4-5H2,1-3H3;1-2H3. The van der Waals surface area contributed by atoms with Crippen molar-refractivity contribution < 1.29 is 19.1 Å². The average Bonchev–Trinajstić information content (AvgIpc) is 2.25. The van der Waals surface area contributed by atoms with Crippen LogP contribution in [0.3, 0.4) is 0 Å². The Bertz CT molecular complexity index is 168. The molecule has 15 heavy (non-hydrogen) atoms. The van der Waals surface area contributed by atoms with Gasteiger partial charge in [0.05, 0.1) is 13.0 Å². The van der Waals surface area contributed by atoms with Crippen LogP contribution >= 0.6 is 0 Å². The molecule has 0 heterocycles. The Morgan fingerprint density at radius 2 is 1.67 bits per heavy atom. The van der Waals surface area contributed by atoms with Crippen LogP contribution in [0.1, 0.15) is 26.7 Å². The minimum Gasteiger partial charge on any atom is -0.469 e. The molecule has 0 amide bonds. The quantitative estimate of drug-likeness (QED) is 0.520. The van der Waals surface area contributed by atoms with Crippen molar-refractivity contribution in [1.82, 2.24) is 0 Å². The van der Waals surface area contributed by atoms with E-state index in [9.17, 15) is 9.59 Å². The Kier molecular flexibility index (Phi) is 12.3. The van der Waals surface area contributed by atoms with E-state index in [2.05, 4.69) is 9.47 Å². The summed E-state index contributed by atoms with van der Waals surface area (Å²) in [7, 11) is 4.60. The molecule has 0 aromatic carbocycles. The summed E-state index contributed by atoms with van der Waals surface area (Å²) in [6.45, 7) is 3.78. The van der Waals surface area contributed by atoms with E-state index < -0.39 is 0 Å². The molecular weight excluding hydrogens is 196 g/mol. The van der Waals surface area contributed by atoms with Crippen LogP contribution in [0, 0.1) is 11.8 Å². The summed E-state index contributed by atoms with van der Waals surface area (Å²) in [5, 5.41) is 0. The molecule has 0 spiro atoms. The average molecular weight is 218 g/mol. The van der Waals surface area contributed by atoms with Crippen molar-refractivity contribution in [3.63, 3.8) is 0 Å². The van der Waals surface area contributed by atoms with E-state index in [1.807, 2.05) is 13.8 Å². The fraction of sp³-hybridized carbons (Fsp3) is 0.818. The van der Waals surface area contributed by atoms with Gasteiger partial charge in [-0.15, -0.1) is 0 Å². The van der Waals surface area contributed by atoms with Crippen molar-refractivity contribution in [2.24, 2.45) is 11.8 Å². The first-order chi connectivity index (χ1) is 7.12. The van der Waals surface area contributed by atoms with Gasteiger partial charge in [-0.25, -0.2) is 0 Å². The fourth-order valence-corrected chi connectivity index (χ4v) is 1.27. The first kappa shape index (κ1) is 16.5. The number of hydrogen-bond acceptors (Lipinski definition) is 4. The molecule has 0 bridgehead atoms.